The molecule has 5 rings (SSSR count). The van der Waals surface area contributed by atoms with Crippen LogP contribution in [0.1, 0.15) is 16.8 Å². The van der Waals surface area contributed by atoms with Crippen molar-refractivity contribution in [1.82, 2.24) is 19.4 Å². The highest BCUT2D eigenvalue weighted by molar-refractivity contribution is 7.90. The van der Waals surface area contributed by atoms with E-state index < -0.39 is 9.84 Å². The zero-order valence-corrected chi connectivity index (χ0v) is 18.3. The Hall–Kier alpha value is -3.53. The minimum atomic E-state index is -3.61. The Bertz CT molecular complexity index is 1470. The van der Waals surface area contributed by atoms with E-state index in [1.807, 2.05) is 13.0 Å². The fraction of sp³-hybridized carbons (Fsp3) is 0.227. The molecule has 0 bridgehead atoms. The van der Waals surface area contributed by atoms with E-state index >= 15 is 0 Å². The summed E-state index contributed by atoms with van der Waals surface area (Å²) in [6.07, 6.45) is 6.42. The average molecular weight is 453 g/mol. The maximum Gasteiger partial charge on any atom is 0.209 e. The predicted molar refractivity (Wildman–Crippen MR) is 117 cm³/mol. The molecule has 32 heavy (non-hydrogen) atoms. The molecule has 0 unspecified atom stereocenters. The number of halogens is 1. The summed E-state index contributed by atoms with van der Waals surface area (Å²) in [6, 6.07) is 6.66. The third kappa shape index (κ3) is 3.36. The second-order valence-electron chi connectivity index (χ2n) is 7.63. The minimum absolute atomic E-state index is 0.0543. The number of hydrogen-bond acceptors (Lipinski definition) is 7. The molecule has 164 valence electrons. The third-order valence-electron chi connectivity index (χ3n) is 5.55. The third-order valence-corrected chi connectivity index (χ3v) is 6.55. The number of imidazole rings is 1. The molecule has 0 atom stereocenters. The molecule has 0 spiro atoms. The number of anilines is 1. The van der Waals surface area contributed by atoms with Crippen LogP contribution in [0.5, 0.6) is 5.75 Å². The number of rotatable bonds is 5. The lowest BCUT2D eigenvalue weighted by Gasteiger charge is -2.14. The second kappa shape index (κ2) is 7.56. The molecule has 3 aromatic heterocycles. The molecule has 4 aromatic rings. The summed E-state index contributed by atoms with van der Waals surface area (Å²) in [5, 5.41) is 3.08. The van der Waals surface area contributed by atoms with Crippen LogP contribution in [-0.4, -0.2) is 40.6 Å². The van der Waals surface area contributed by atoms with E-state index in [1.54, 1.807) is 28.9 Å². The van der Waals surface area contributed by atoms with Gasteiger partial charge in [-0.3, -0.25) is 9.38 Å². The van der Waals surface area contributed by atoms with Gasteiger partial charge in [0.05, 0.1) is 12.1 Å². The highest BCUT2D eigenvalue weighted by atomic mass is 32.2. The monoisotopic (exact) mass is 453 g/mol. The number of nitrogens with one attached hydrogen (secondary N) is 1. The molecule has 0 fully saturated rings. The topological polar surface area (TPSA) is 98.5 Å². The van der Waals surface area contributed by atoms with Crippen LogP contribution >= 0.6 is 0 Å². The normalized spacial score (nSPS) is 13.2. The molecule has 4 heterocycles. The van der Waals surface area contributed by atoms with Crippen LogP contribution in [0.25, 0.3) is 16.6 Å². The maximum atomic E-state index is 14.5. The van der Waals surface area contributed by atoms with Crippen LogP contribution in [0.3, 0.4) is 0 Å². The second-order valence-corrected chi connectivity index (χ2v) is 9.56. The van der Waals surface area contributed by atoms with Gasteiger partial charge >= 0.3 is 0 Å². The number of aryl methyl sites for hydroxylation is 1. The van der Waals surface area contributed by atoms with Crippen LogP contribution < -0.4 is 10.1 Å². The van der Waals surface area contributed by atoms with Gasteiger partial charge in [-0.1, -0.05) is 6.07 Å². The average Bonchev–Trinajstić information content (AvgIpc) is 3.41. The molecule has 10 heteroatoms. The van der Waals surface area contributed by atoms with Gasteiger partial charge in [-0.2, -0.15) is 0 Å². The van der Waals surface area contributed by atoms with Crippen LogP contribution in [0, 0.1) is 12.7 Å². The van der Waals surface area contributed by atoms with Crippen molar-refractivity contribution in [2.75, 3.05) is 18.2 Å². The number of ether oxygens (including phenoxy) is 1. The van der Waals surface area contributed by atoms with E-state index in [2.05, 4.69) is 20.3 Å². The zero-order chi connectivity index (χ0) is 22.5. The highest BCUT2D eigenvalue weighted by Gasteiger charge is 2.23. The Labute approximate surface area is 184 Å². The first kappa shape index (κ1) is 20.4. The summed E-state index contributed by atoms with van der Waals surface area (Å²) in [6.45, 7) is 2.53. The number of fused-ring (bicyclic) bond motifs is 2. The van der Waals surface area contributed by atoms with E-state index in [4.69, 9.17) is 4.74 Å². The smallest absolute Gasteiger partial charge is 0.209 e. The van der Waals surface area contributed by atoms with Crippen molar-refractivity contribution in [3.63, 3.8) is 0 Å². The number of sulfone groups is 1. The van der Waals surface area contributed by atoms with Gasteiger partial charge in [0, 0.05) is 59.6 Å². The quantitative estimate of drug-likeness (QED) is 0.496. The largest absolute Gasteiger partial charge is 0.493 e. The fourth-order valence-electron chi connectivity index (χ4n) is 4.03. The molecular formula is C22H20FN5O3S. The number of hydrogen-bond donors (Lipinski definition) is 1. The predicted octanol–water partition coefficient (Wildman–Crippen LogP) is 3.19. The Morgan fingerprint density at radius 1 is 1.19 bits per heavy atom. The minimum Gasteiger partial charge on any atom is -0.493 e. The van der Waals surface area contributed by atoms with Crippen molar-refractivity contribution in [2.45, 2.75) is 24.9 Å². The van der Waals surface area contributed by atoms with Crippen molar-refractivity contribution in [1.29, 1.82) is 0 Å². The van der Waals surface area contributed by atoms with Gasteiger partial charge < -0.3 is 10.1 Å². The van der Waals surface area contributed by atoms with Crippen LogP contribution in [0.4, 0.5) is 10.3 Å². The van der Waals surface area contributed by atoms with Crippen molar-refractivity contribution in [2.24, 2.45) is 0 Å². The molecule has 0 saturated heterocycles. The molecule has 0 aliphatic carbocycles. The first-order valence-corrected chi connectivity index (χ1v) is 11.9. The summed E-state index contributed by atoms with van der Waals surface area (Å²) in [4.78, 5) is 13.0. The number of benzene rings is 1. The van der Waals surface area contributed by atoms with Crippen LogP contribution in [-0.2, 0) is 22.8 Å². The van der Waals surface area contributed by atoms with Gasteiger partial charge in [0.2, 0.25) is 5.95 Å². The molecule has 1 N–H and O–H groups in total. The van der Waals surface area contributed by atoms with Gasteiger partial charge in [-0.15, -0.1) is 0 Å². The fourth-order valence-corrected chi connectivity index (χ4v) is 4.83. The number of nitrogens with zero attached hydrogens (tertiary/aromatic N) is 4. The summed E-state index contributed by atoms with van der Waals surface area (Å²) in [7, 11) is -3.61. The Balaban J connectivity index is 1.62. The van der Waals surface area contributed by atoms with E-state index in [1.165, 1.54) is 12.4 Å². The van der Waals surface area contributed by atoms with Gasteiger partial charge in [-0.05, 0) is 25.1 Å². The van der Waals surface area contributed by atoms with Crippen LogP contribution in [0.15, 0.2) is 48.0 Å². The van der Waals surface area contributed by atoms with E-state index in [0.29, 0.717) is 41.4 Å². The number of aromatic nitrogens is 4. The lowest BCUT2D eigenvalue weighted by Crippen LogP contribution is -2.10. The lowest BCUT2D eigenvalue weighted by molar-refractivity contribution is 0.356. The molecule has 1 aliphatic heterocycles. The Kier molecular flexibility index (Phi) is 4.81. The van der Waals surface area contributed by atoms with E-state index in [0.717, 1.165) is 23.1 Å². The molecule has 0 radical (unpaired) electrons. The van der Waals surface area contributed by atoms with Gasteiger partial charge in [0.1, 0.15) is 17.9 Å². The number of pyridine rings is 1. The first-order chi connectivity index (χ1) is 15.3. The zero-order valence-electron chi connectivity index (χ0n) is 17.5. The standard InChI is InChI=1S/C22H20FN5O3S/c1-13-14(4-3-8-24-13)17-11-26-22(28-12-27-21(20(17)28)32(2,29)30)25-10-16-15-7-9-31-19(15)6-5-18(16)23/h3-6,8,11-12H,7,9-10H2,1-2H3,(H,25,26). The lowest BCUT2D eigenvalue weighted by atomic mass is 10.0. The Morgan fingerprint density at radius 3 is 2.81 bits per heavy atom. The van der Waals surface area contributed by atoms with E-state index in [9.17, 15) is 12.8 Å². The van der Waals surface area contributed by atoms with Crippen molar-refractivity contribution >= 4 is 21.3 Å². The van der Waals surface area contributed by atoms with E-state index in [-0.39, 0.29) is 17.4 Å². The molecule has 1 aliphatic rings. The molecule has 8 nitrogen and oxygen atoms in total. The molecule has 1 aromatic carbocycles. The van der Waals surface area contributed by atoms with Crippen molar-refractivity contribution < 1.29 is 17.5 Å². The maximum absolute atomic E-state index is 14.5. The molecule has 0 amide bonds. The summed E-state index contributed by atoms with van der Waals surface area (Å²) >= 11 is 0. The Morgan fingerprint density at radius 2 is 2.03 bits per heavy atom. The first-order valence-electron chi connectivity index (χ1n) is 9.99. The highest BCUT2D eigenvalue weighted by Crippen LogP contribution is 2.33. The van der Waals surface area contributed by atoms with Crippen molar-refractivity contribution in [3.8, 4) is 16.9 Å². The van der Waals surface area contributed by atoms with Gasteiger partial charge in [0.25, 0.3) is 0 Å². The van der Waals surface area contributed by atoms with Crippen LogP contribution in [0.2, 0.25) is 0 Å². The summed E-state index contributed by atoms with van der Waals surface area (Å²) < 4.78 is 46.5. The molecule has 0 saturated carbocycles. The van der Waals surface area contributed by atoms with Gasteiger partial charge in [0.15, 0.2) is 14.9 Å². The van der Waals surface area contributed by atoms with Crippen molar-refractivity contribution in [3.05, 3.63) is 65.6 Å². The summed E-state index contributed by atoms with van der Waals surface area (Å²) in [5.41, 5.74) is 3.82. The summed E-state index contributed by atoms with van der Waals surface area (Å²) in [5.74, 6) is 0.706. The van der Waals surface area contributed by atoms with Gasteiger partial charge in [-0.25, -0.2) is 22.8 Å². The molecular weight excluding hydrogens is 433 g/mol. The SMILES string of the molecule is Cc1ncccc1-c1cnc(NCc2c(F)ccc3c2CCO3)n2cnc(S(C)(=O)=O)c12.